The third kappa shape index (κ3) is 3.37. The summed E-state index contributed by atoms with van der Waals surface area (Å²) in [4.78, 5) is 46.4. The highest BCUT2D eigenvalue weighted by molar-refractivity contribution is 5.95. The van der Waals surface area contributed by atoms with E-state index >= 15 is 0 Å². The average Bonchev–Trinajstić information content (AvgIpc) is 3.16. The molecule has 1 aromatic carbocycles. The minimum absolute atomic E-state index is 0.187. The number of carbonyl (C=O) groups is 4. The highest BCUT2D eigenvalue weighted by Gasteiger charge is 2.31. The fraction of sp³-hybridized carbons (Fsp3) is 0.375. The maximum Gasteiger partial charge on any atom is 0.347 e. The highest BCUT2D eigenvalue weighted by Crippen LogP contribution is 2.16. The number of hydrogen-bond acceptors (Lipinski definition) is 8. The van der Waals surface area contributed by atoms with Crippen molar-refractivity contribution in [1.82, 2.24) is 0 Å². The lowest BCUT2D eigenvalue weighted by molar-refractivity contribution is -0.145. The monoisotopic (exact) mass is 334 g/mol. The van der Waals surface area contributed by atoms with Gasteiger partial charge in [-0.25, -0.2) is 19.2 Å². The van der Waals surface area contributed by atoms with Crippen LogP contribution in [0.5, 0.6) is 0 Å². The molecule has 0 amide bonds. The number of esters is 4. The zero-order valence-electron chi connectivity index (χ0n) is 12.6. The van der Waals surface area contributed by atoms with Crippen LogP contribution >= 0.6 is 0 Å². The largest absolute Gasteiger partial charge is 0.463 e. The Hall–Kier alpha value is -2.90. The Kier molecular flexibility index (Phi) is 4.45. The zero-order chi connectivity index (χ0) is 17.1. The fourth-order valence-electron chi connectivity index (χ4n) is 2.31. The first-order chi connectivity index (χ1) is 11.5. The van der Waals surface area contributed by atoms with Crippen molar-refractivity contribution in [2.24, 2.45) is 0 Å². The van der Waals surface area contributed by atoms with Crippen molar-refractivity contribution in [1.29, 1.82) is 0 Å². The Balaban J connectivity index is 1.60. The van der Waals surface area contributed by atoms with E-state index in [9.17, 15) is 19.2 Å². The molecule has 2 aliphatic rings. The van der Waals surface area contributed by atoms with Crippen molar-refractivity contribution in [3.63, 3.8) is 0 Å². The molecule has 3 rings (SSSR count). The molecule has 2 aliphatic heterocycles. The first-order valence-corrected chi connectivity index (χ1v) is 7.40. The summed E-state index contributed by atoms with van der Waals surface area (Å²) in [7, 11) is 0. The van der Waals surface area contributed by atoms with E-state index in [1.165, 1.54) is 24.3 Å². The minimum Gasteiger partial charge on any atom is -0.463 e. The van der Waals surface area contributed by atoms with Crippen molar-refractivity contribution >= 4 is 23.9 Å². The molecule has 2 fully saturated rings. The van der Waals surface area contributed by atoms with Crippen LogP contribution < -0.4 is 0 Å². The van der Waals surface area contributed by atoms with E-state index in [4.69, 9.17) is 18.9 Å². The number of rotatable bonds is 4. The van der Waals surface area contributed by atoms with Crippen molar-refractivity contribution < 1.29 is 38.1 Å². The van der Waals surface area contributed by atoms with Gasteiger partial charge in [-0.3, -0.25) is 0 Å². The van der Waals surface area contributed by atoms with Crippen molar-refractivity contribution in [2.75, 3.05) is 13.2 Å². The second-order valence-corrected chi connectivity index (χ2v) is 5.28. The first-order valence-electron chi connectivity index (χ1n) is 7.40. The number of carbonyl (C=O) groups excluding carboxylic acids is 4. The lowest BCUT2D eigenvalue weighted by Crippen LogP contribution is -2.23. The minimum atomic E-state index is -0.893. The Morgan fingerprint density at radius 2 is 1.17 bits per heavy atom. The molecule has 2 atom stereocenters. The zero-order valence-corrected chi connectivity index (χ0v) is 12.6. The van der Waals surface area contributed by atoms with Gasteiger partial charge in [0.1, 0.15) is 0 Å². The second kappa shape index (κ2) is 6.69. The lowest BCUT2D eigenvalue weighted by Gasteiger charge is -2.10. The molecule has 0 radical (unpaired) electrons. The Labute approximate surface area is 136 Å². The van der Waals surface area contributed by atoms with Crippen LogP contribution in [0.25, 0.3) is 0 Å². The summed E-state index contributed by atoms with van der Waals surface area (Å²) in [5, 5.41) is 0. The average molecular weight is 334 g/mol. The molecule has 126 valence electrons. The van der Waals surface area contributed by atoms with Gasteiger partial charge in [0.05, 0.1) is 24.3 Å². The molecule has 0 aromatic heterocycles. The molecule has 0 N–H and O–H groups in total. The van der Waals surface area contributed by atoms with E-state index in [0.717, 1.165) is 0 Å². The van der Waals surface area contributed by atoms with Gasteiger partial charge in [-0.2, -0.15) is 0 Å². The molecule has 24 heavy (non-hydrogen) atoms. The van der Waals surface area contributed by atoms with Crippen molar-refractivity contribution in [2.45, 2.75) is 25.0 Å². The molecule has 0 saturated carbocycles. The molecule has 8 nitrogen and oxygen atoms in total. The van der Waals surface area contributed by atoms with Crippen LogP contribution in [0, 0.1) is 0 Å². The van der Waals surface area contributed by atoms with Gasteiger partial charge in [0.25, 0.3) is 0 Å². The summed E-state index contributed by atoms with van der Waals surface area (Å²) < 4.78 is 19.5. The smallest absolute Gasteiger partial charge is 0.347 e. The lowest BCUT2D eigenvalue weighted by atomic mass is 10.1. The normalized spacial score (nSPS) is 22.7. The summed E-state index contributed by atoms with van der Waals surface area (Å²) in [5.41, 5.74) is 0.373. The Bertz CT molecular complexity index is 619. The van der Waals surface area contributed by atoms with Gasteiger partial charge in [0.2, 0.25) is 12.2 Å². The quantitative estimate of drug-likeness (QED) is 0.583. The van der Waals surface area contributed by atoms with Crippen LogP contribution in [0.4, 0.5) is 0 Å². The molecule has 0 spiro atoms. The van der Waals surface area contributed by atoms with Crippen LogP contribution in [-0.4, -0.2) is 49.3 Å². The van der Waals surface area contributed by atoms with E-state index < -0.39 is 36.1 Å². The summed E-state index contributed by atoms with van der Waals surface area (Å²) in [6.07, 6.45) is -1.13. The molecular formula is C16H14O8. The van der Waals surface area contributed by atoms with E-state index in [2.05, 4.69) is 0 Å². The molecule has 2 heterocycles. The standard InChI is InChI=1S/C16H14O8/c17-13(23-11-5-7-21-15(11)19)9-1-2-10(4-3-9)14(18)24-12-6-8-22-16(12)20/h1-4,11-12H,5-8H2/t11-,12+. The predicted molar refractivity (Wildman–Crippen MR) is 76.0 cm³/mol. The second-order valence-electron chi connectivity index (χ2n) is 5.28. The SMILES string of the molecule is O=C(O[C@H]1CCOC1=O)c1ccc(C(=O)O[C@@H]2CCOC2=O)cc1. The van der Waals surface area contributed by atoms with Crippen LogP contribution in [0.2, 0.25) is 0 Å². The highest BCUT2D eigenvalue weighted by atomic mass is 16.6. The molecule has 2 saturated heterocycles. The summed E-state index contributed by atoms with van der Waals surface area (Å²) in [5.74, 6) is -2.49. The molecule has 1 aromatic rings. The molecular weight excluding hydrogens is 320 g/mol. The summed E-state index contributed by atoms with van der Waals surface area (Å²) in [6.45, 7) is 0.455. The fourth-order valence-corrected chi connectivity index (χ4v) is 2.31. The van der Waals surface area contributed by atoms with E-state index in [0.29, 0.717) is 12.8 Å². The third-order valence-corrected chi connectivity index (χ3v) is 3.63. The van der Waals surface area contributed by atoms with Crippen LogP contribution in [-0.2, 0) is 28.5 Å². The van der Waals surface area contributed by atoms with Crippen molar-refractivity contribution in [3.8, 4) is 0 Å². The van der Waals surface area contributed by atoms with Gasteiger partial charge in [0, 0.05) is 12.8 Å². The number of ether oxygens (including phenoxy) is 4. The van der Waals surface area contributed by atoms with E-state index in [1.807, 2.05) is 0 Å². The third-order valence-electron chi connectivity index (χ3n) is 3.63. The Morgan fingerprint density at radius 1 is 0.792 bits per heavy atom. The maximum atomic E-state index is 11.9. The Morgan fingerprint density at radius 3 is 1.46 bits per heavy atom. The van der Waals surface area contributed by atoms with Crippen LogP contribution in [0.1, 0.15) is 33.6 Å². The number of hydrogen-bond donors (Lipinski definition) is 0. The molecule has 0 unspecified atom stereocenters. The maximum absolute atomic E-state index is 11.9. The molecule has 0 aliphatic carbocycles. The first kappa shape index (κ1) is 16.0. The van der Waals surface area contributed by atoms with E-state index in [-0.39, 0.29) is 24.3 Å². The van der Waals surface area contributed by atoms with E-state index in [1.54, 1.807) is 0 Å². The van der Waals surface area contributed by atoms with Gasteiger partial charge in [-0.1, -0.05) is 0 Å². The van der Waals surface area contributed by atoms with Crippen LogP contribution in [0.3, 0.4) is 0 Å². The summed E-state index contributed by atoms with van der Waals surface area (Å²) in [6, 6.07) is 5.52. The molecule has 0 bridgehead atoms. The van der Waals surface area contributed by atoms with Gasteiger partial charge in [0.15, 0.2) is 0 Å². The molecule has 8 heteroatoms. The topological polar surface area (TPSA) is 105 Å². The van der Waals surface area contributed by atoms with Crippen LogP contribution in [0.15, 0.2) is 24.3 Å². The van der Waals surface area contributed by atoms with Gasteiger partial charge in [-0.05, 0) is 24.3 Å². The van der Waals surface area contributed by atoms with Gasteiger partial charge in [-0.15, -0.1) is 0 Å². The predicted octanol–water partition coefficient (Wildman–Crippen LogP) is 0.631. The van der Waals surface area contributed by atoms with Gasteiger partial charge < -0.3 is 18.9 Å². The number of cyclic esters (lactones) is 2. The number of benzene rings is 1. The summed E-state index contributed by atoms with van der Waals surface area (Å²) >= 11 is 0. The van der Waals surface area contributed by atoms with Crippen molar-refractivity contribution in [3.05, 3.63) is 35.4 Å². The van der Waals surface area contributed by atoms with Gasteiger partial charge >= 0.3 is 23.9 Å².